The van der Waals surface area contributed by atoms with Crippen LogP contribution in [-0.2, 0) is 11.2 Å². The summed E-state index contributed by atoms with van der Waals surface area (Å²) in [6, 6.07) is 7.94. The summed E-state index contributed by atoms with van der Waals surface area (Å²) in [6.07, 6.45) is 8.67. The second-order valence-electron chi connectivity index (χ2n) is 5.42. The smallest absolute Gasteiger partial charge is 0.306 e. The highest BCUT2D eigenvalue weighted by molar-refractivity contribution is 9.10. The highest BCUT2D eigenvalue weighted by Gasteiger charge is 2.17. The molecule has 0 saturated carbocycles. The van der Waals surface area contributed by atoms with Crippen molar-refractivity contribution in [3.63, 3.8) is 0 Å². The SMILES string of the molecule is CCCCCCCCC(Cc1ccc(Br)cc1)C(=O)O. The van der Waals surface area contributed by atoms with Crippen LogP contribution in [0.4, 0.5) is 0 Å². The first-order valence-electron chi connectivity index (χ1n) is 7.60. The summed E-state index contributed by atoms with van der Waals surface area (Å²) < 4.78 is 1.03. The van der Waals surface area contributed by atoms with Crippen molar-refractivity contribution in [2.45, 2.75) is 58.3 Å². The van der Waals surface area contributed by atoms with Gasteiger partial charge in [0.05, 0.1) is 5.92 Å². The molecule has 0 aromatic heterocycles. The van der Waals surface area contributed by atoms with E-state index in [-0.39, 0.29) is 5.92 Å². The summed E-state index contributed by atoms with van der Waals surface area (Å²) in [5.74, 6) is -0.913. The standard InChI is InChI=1S/C17H25BrO2/c1-2-3-4-5-6-7-8-15(17(19)20)13-14-9-11-16(18)12-10-14/h9-12,15H,2-8,13H2,1H3,(H,19,20). The van der Waals surface area contributed by atoms with Crippen molar-refractivity contribution < 1.29 is 9.90 Å². The van der Waals surface area contributed by atoms with Crippen molar-refractivity contribution in [2.24, 2.45) is 5.92 Å². The molecule has 20 heavy (non-hydrogen) atoms. The highest BCUT2D eigenvalue weighted by Crippen LogP contribution is 2.19. The molecule has 0 aliphatic heterocycles. The topological polar surface area (TPSA) is 37.3 Å². The van der Waals surface area contributed by atoms with Crippen LogP contribution in [0.15, 0.2) is 28.7 Å². The van der Waals surface area contributed by atoms with Gasteiger partial charge in [-0.2, -0.15) is 0 Å². The van der Waals surface area contributed by atoms with E-state index in [4.69, 9.17) is 0 Å². The zero-order valence-corrected chi connectivity index (χ0v) is 13.9. The molecule has 0 amide bonds. The van der Waals surface area contributed by atoms with E-state index in [1.807, 2.05) is 24.3 Å². The van der Waals surface area contributed by atoms with Crippen molar-refractivity contribution >= 4 is 21.9 Å². The molecule has 1 N–H and O–H groups in total. The number of hydrogen-bond acceptors (Lipinski definition) is 1. The maximum Gasteiger partial charge on any atom is 0.306 e. The second kappa shape index (κ2) is 9.98. The van der Waals surface area contributed by atoms with Gasteiger partial charge in [0.25, 0.3) is 0 Å². The van der Waals surface area contributed by atoms with Gasteiger partial charge in [-0.1, -0.05) is 73.5 Å². The van der Waals surface area contributed by atoms with Gasteiger partial charge in [-0.25, -0.2) is 0 Å². The number of aliphatic carboxylic acids is 1. The summed E-state index contributed by atoms with van der Waals surface area (Å²) in [5.41, 5.74) is 1.10. The summed E-state index contributed by atoms with van der Waals surface area (Å²) in [4.78, 5) is 11.3. The molecule has 1 atom stereocenters. The molecule has 1 aromatic carbocycles. The van der Waals surface area contributed by atoms with E-state index in [1.54, 1.807) is 0 Å². The third-order valence-electron chi connectivity index (χ3n) is 3.65. The van der Waals surface area contributed by atoms with Crippen LogP contribution < -0.4 is 0 Å². The number of unbranched alkanes of at least 4 members (excludes halogenated alkanes) is 5. The summed E-state index contributed by atoms with van der Waals surface area (Å²) in [7, 11) is 0. The minimum absolute atomic E-state index is 0.248. The quantitative estimate of drug-likeness (QED) is 0.575. The summed E-state index contributed by atoms with van der Waals surface area (Å²) >= 11 is 3.40. The van der Waals surface area contributed by atoms with Crippen LogP contribution in [0.25, 0.3) is 0 Å². The fraction of sp³-hybridized carbons (Fsp3) is 0.588. The van der Waals surface area contributed by atoms with Gasteiger partial charge in [0.1, 0.15) is 0 Å². The van der Waals surface area contributed by atoms with Crippen LogP contribution in [0.1, 0.15) is 57.4 Å². The molecule has 112 valence electrons. The molecular formula is C17H25BrO2. The average molecular weight is 341 g/mol. The monoisotopic (exact) mass is 340 g/mol. The minimum Gasteiger partial charge on any atom is -0.481 e. The van der Waals surface area contributed by atoms with Crippen LogP contribution in [0.3, 0.4) is 0 Å². The molecule has 1 unspecified atom stereocenters. The van der Waals surface area contributed by atoms with Crippen molar-refractivity contribution in [2.75, 3.05) is 0 Å². The Labute approximate surface area is 130 Å². The summed E-state index contributed by atoms with van der Waals surface area (Å²) in [6.45, 7) is 2.21. The molecular weight excluding hydrogens is 316 g/mol. The van der Waals surface area contributed by atoms with Crippen molar-refractivity contribution in [3.05, 3.63) is 34.3 Å². The first-order chi connectivity index (χ1) is 9.63. The molecule has 1 aromatic rings. The number of carbonyl (C=O) groups is 1. The van der Waals surface area contributed by atoms with Gasteiger partial charge in [0.15, 0.2) is 0 Å². The molecule has 0 saturated heterocycles. The lowest BCUT2D eigenvalue weighted by molar-refractivity contribution is -0.142. The predicted octanol–water partition coefficient (Wildman–Crippen LogP) is 5.44. The Kier molecular flexibility index (Phi) is 8.59. The van der Waals surface area contributed by atoms with E-state index >= 15 is 0 Å². The van der Waals surface area contributed by atoms with E-state index in [0.717, 1.165) is 29.3 Å². The molecule has 0 bridgehead atoms. The van der Waals surface area contributed by atoms with Crippen LogP contribution in [0.2, 0.25) is 0 Å². The van der Waals surface area contributed by atoms with E-state index in [9.17, 15) is 9.90 Å². The number of hydrogen-bond donors (Lipinski definition) is 1. The Hall–Kier alpha value is -0.830. The predicted molar refractivity (Wildman–Crippen MR) is 87.0 cm³/mol. The Bertz CT molecular complexity index is 386. The molecule has 0 spiro atoms. The first-order valence-corrected chi connectivity index (χ1v) is 8.40. The highest BCUT2D eigenvalue weighted by atomic mass is 79.9. The van der Waals surface area contributed by atoms with Gasteiger partial charge in [0, 0.05) is 4.47 Å². The minimum atomic E-state index is -0.665. The fourth-order valence-corrected chi connectivity index (χ4v) is 2.65. The molecule has 2 nitrogen and oxygen atoms in total. The van der Waals surface area contributed by atoms with Gasteiger partial charge >= 0.3 is 5.97 Å². The van der Waals surface area contributed by atoms with E-state index in [0.29, 0.717) is 6.42 Å². The van der Waals surface area contributed by atoms with Crippen LogP contribution >= 0.6 is 15.9 Å². The average Bonchev–Trinajstić information content (AvgIpc) is 2.43. The van der Waals surface area contributed by atoms with E-state index < -0.39 is 5.97 Å². The van der Waals surface area contributed by atoms with Crippen LogP contribution in [0, 0.1) is 5.92 Å². The number of carboxylic acid groups (broad SMARTS) is 1. The molecule has 0 heterocycles. The normalized spacial score (nSPS) is 12.3. The second-order valence-corrected chi connectivity index (χ2v) is 6.34. The Morgan fingerprint density at radius 1 is 1.10 bits per heavy atom. The molecule has 0 aliphatic carbocycles. The largest absolute Gasteiger partial charge is 0.481 e. The van der Waals surface area contributed by atoms with Crippen LogP contribution in [-0.4, -0.2) is 11.1 Å². The maximum atomic E-state index is 11.3. The number of carboxylic acids is 1. The lowest BCUT2D eigenvalue weighted by Gasteiger charge is -2.12. The van der Waals surface area contributed by atoms with Gasteiger partial charge < -0.3 is 5.11 Å². The first kappa shape index (κ1) is 17.2. The Morgan fingerprint density at radius 3 is 2.30 bits per heavy atom. The number of rotatable bonds is 10. The molecule has 0 radical (unpaired) electrons. The zero-order valence-electron chi connectivity index (χ0n) is 12.3. The Balaban J connectivity index is 2.33. The van der Waals surface area contributed by atoms with Gasteiger partial charge in [-0.15, -0.1) is 0 Å². The van der Waals surface area contributed by atoms with Gasteiger partial charge in [0.2, 0.25) is 0 Å². The Morgan fingerprint density at radius 2 is 1.70 bits per heavy atom. The van der Waals surface area contributed by atoms with Crippen molar-refractivity contribution in [1.29, 1.82) is 0 Å². The molecule has 0 fully saturated rings. The summed E-state index contributed by atoms with van der Waals surface area (Å²) in [5, 5.41) is 9.32. The van der Waals surface area contributed by atoms with Crippen molar-refractivity contribution in [1.82, 2.24) is 0 Å². The molecule has 3 heteroatoms. The molecule has 1 rings (SSSR count). The molecule has 0 aliphatic rings. The van der Waals surface area contributed by atoms with E-state index in [1.165, 1.54) is 25.7 Å². The van der Waals surface area contributed by atoms with Crippen molar-refractivity contribution in [3.8, 4) is 0 Å². The lowest BCUT2D eigenvalue weighted by atomic mass is 9.93. The van der Waals surface area contributed by atoms with Crippen LogP contribution in [0.5, 0.6) is 0 Å². The maximum absolute atomic E-state index is 11.3. The fourth-order valence-electron chi connectivity index (χ4n) is 2.39. The van der Waals surface area contributed by atoms with Gasteiger partial charge in [-0.3, -0.25) is 4.79 Å². The number of halogens is 1. The third kappa shape index (κ3) is 7.09. The third-order valence-corrected chi connectivity index (χ3v) is 4.18. The zero-order chi connectivity index (χ0) is 14.8. The lowest BCUT2D eigenvalue weighted by Crippen LogP contribution is -2.16. The number of benzene rings is 1. The van der Waals surface area contributed by atoms with E-state index in [2.05, 4.69) is 22.9 Å². The van der Waals surface area contributed by atoms with Gasteiger partial charge in [-0.05, 0) is 30.5 Å².